The van der Waals surface area contributed by atoms with Crippen LogP contribution in [0.3, 0.4) is 0 Å². The fourth-order valence-corrected chi connectivity index (χ4v) is 4.01. The Balaban J connectivity index is 1.76. The van der Waals surface area contributed by atoms with Crippen LogP contribution in [0.25, 0.3) is 0 Å². The average molecular weight is 358 g/mol. The normalized spacial score (nSPS) is 14.5. The Morgan fingerprint density at radius 2 is 1.72 bits per heavy atom. The topological polar surface area (TPSA) is 66.5 Å². The Hall–Kier alpha value is -2.18. The third-order valence-electron chi connectivity index (χ3n) is 4.22. The molecule has 0 heterocycles. The molecule has 3 rings (SSSR count). The van der Waals surface area contributed by atoms with Gasteiger partial charge in [0.15, 0.2) is 0 Å². The summed E-state index contributed by atoms with van der Waals surface area (Å²) in [5, 5.41) is 2.90. The molecule has 0 aromatic heterocycles. The maximum atomic E-state index is 12.9. The van der Waals surface area contributed by atoms with Crippen LogP contribution in [0.15, 0.2) is 59.5 Å². The summed E-state index contributed by atoms with van der Waals surface area (Å²) in [6.45, 7) is 2.52. The van der Waals surface area contributed by atoms with E-state index in [-0.39, 0.29) is 16.8 Å². The molecule has 2 aromatic carbocycles. The van der Waals surface area contributed by atoms with Crippen molar-refractivity contribution in [2.24, 2.45) is 0 Å². The van der Waals surface area contributed by atoms with E-state index in [4.69, 9.17) is 0 Å². The Kier molecular flexibility index (Phi) is 5.20. The molecule has 1 saturated carbocycles. The van der Waals surface area contributed by atoms with Gasteiger partial charge in [-0.25, -0.2) is 8.42 Å². The maximum Gasteiger partial charge on any atom is 0.251 e. The standard InChI is InChI=1S/C19H22N2O3S/c1-2-21(14-15-6-4-3-5-7-15)25(23,24)18-12-8-16(9-13-18)19(22)20-17-10-11-17/h3-9,12-13,17H,2,10-11,14H2,1H3,(H,20,22). The summed E-state index contributed by atoms with van der Waals surface area (Å²) in [6.07, 6.45) is 2.03. The van der Waals surface area contributed by atoms with Crippen molar-refractivity contribution in [2.45, 2.75) is 37.2 Å². The highest BCUT2D eigenvalue weighted by Gasteiger charge is 2.25. The molecular weight excluding hydrogens is 336 g/mol. The number of rotatable bonds is 7. The minimum absolute atomic E-state index is 0.150. The molecule has 2 aromatic rings. The lowest BCUT2D eigenvalue weighted by Crippen LogP contribution is -2.30. The van der Waals surface area contributed by atoms with Gasteiger partial charge in [-0.05, 0) is 42.7 Å². The van der Waals surface area contributed by atoms with E-state index < -0.39 is 10.0 Å². The van der Waals surface area contributed by atoms with E-state index in [0.717, 1.165) is 18.4 Å². The van der Waals surface area contributed by atoms with E-state index in [0.29, 0.717) is 18.7 Å². The Labute approximate surface area is 148 Å². The Morgan fingerprint density at radius 3 is 2.28 bits per heavy atom. The van der Waals surface area contributed by atoms with Crippen LogP contribution in [0, 0.1) is 0 Å². The number of carbonyl (C=O) groups is 1. The first kappa shape index (κ1) is 17.6. The number of amides is 1. The molecule has 6 heteroatoms. The first-order valence-electron chi connectivity index (χ1n) is 8.45. The van der Waals surface area contributed by atoms with E-state index in [1.807, 2.05) is 37.3 Å². The minimum atomic E-state index is -3.60. The Bertz CT molecular complexity index is 829. The number of sulfonamides is 1. The summed E-state index contributed by atoms with van der Waals surface area (Å²) in [4.78, 5) is 12.2. The number of carbonyl (C=O) groups excluding carboxylic acids is 1. The highest BCUT2D eigenvalue weighted by Crippen LogP contribution is 2.21. The zero-order chi connectivity index (χ0) is 17.9. The lowest BCUT2D eigenvalue weighted by molar-refractivity contribution is 0.0951. The van der Waals surface area contributed by atoms with E-state index in [2.05, 4.69) is 5.32 Å². The van der Waals surface area contributed by atoms with Gasteiger partial charge in [0.25, 0.3) is 5.91 Å². The van der Waals surface area contributed by atoms with Crippen molar-refractivity contribution in [1.82, 2.24) is 9.62 Å². The highest BCUT2D eigenvalue weighted by molar-refractivity contribution is 7.89. The maximum absolute atomic E-state index is 12.9. The first-order valence-corrected chi connectivity index (χ1v) is 9.89. The van der Waals surface area contributed by atoms with Crippen molar-refractivity contribution in [3.8, 4) is 0 Å². The fourth-order valence-electron chi connectivity index (χ4n) is 2.58. The molecule has 1 aliphatic rings. The van der Waals surface area contributed by atoms with Crippen LogP contribution in [0.5, 0.6) is 0 Å². The predicted molar refractivity (Wildman–Crippen MR) is 96.6 cm³/mol. The molecule has 0 aliphatic heterocycles. The molecule has 1 aliphatic carbocycles. The molecule has 1 amide bonds. The summed E-state index contributed by atoms with van der Waals surface area (Å²) in [6, 6.07) is 15.9. The SMILES string of the molecule is CCN(Cc1ccccc1)S(=O)(=O)c1ccc(C(=O)NC2CC2)cc1. The van der Waals surface area contributed by atoms with Crippen LogP contribution in [0.1, 0.15) is 35.7 Å². The molecule has 25 heavy (non-hydrogen) atoms. The van der Waals surface area contributed by atoms with E-state index in [9.17, 15) is 13.2 Å². The third-order valence-corrected chi connectivity index (χ3v) is 6.16. The van der Waals surface area contributed by atoms with Crippen molar-refractivity contribution in [2.75, 3.05) is 6.54 Å². The van der Waals surface area contributed by atoms with Gasteiger partial charge in [0.05, 0.1) is 4.90 Å². The smallest absolute Gasteiger partial charge is 0.251 e. The van der Waals surface area contributed by atoms with Gasteiger partial charge in [-0.1, -0.05) is 37.3 Å². The van der Waals surface area contributed by atoms with Gasteiger partial charge in [0.1, 0.15) is 0 Å². The summed E-state index contributed by atoms with van der Waals surface area (Å²) in [5.41, 5.74) is 1.42. The van der Waals surface area contributed by atoms with Crippen molar-refractivity contribution in [3.63, 3.8) is 0 Å². The van der Waals surface area contributed by atoms with Crippen LogP contribution < -0.4 is 5.32 Å². The quantitative estimate of drug-likeness (QED) is 0.828. The van der Waals surface area contributed by atoms with Crippen molar-refractivity contribution in [3.05, 3.63) is 65.7 Å². The van der Waals surface area contributed by atoms with Gasteiger partial charge in [0, 0.05) is 24.7 Å². The van der Waals surface area contributed by atoms with Crippen LogP contribution in [0.4, 0.5) is 0 Å². The second-order valence-corrected chi connectivity index (χ2v) is 8.13. The van der Waals surface area contributed by atoms with Gasteiger partial charge < -0.3 is 5.32 Å². The number of benzene rings is 2. The van der Waals surface area contributed by atoms with Gasteiger partial charge in [0.2, 0.25) is 10.0 Å². The molecule has 0 saturated heterocycles. The second-order valence-electron chi connectivity index (χ2n) is 6.19. The average Bonchev–Trinajstić information content (AvgIpc) is 3.44. The molecule has 5 nitrogen and oxygen atoms in total. The van der Waals surface area contributed by atoms with E-state index in [1.165, 1.54) is 16.4 Å². The molecule has 0 radical (unpaired) electrons. The van der Waals surface area contributed by atoms with Crippen molar-refractivity contribution >= 4 is 15.9 Å². The van der Waals surface area contributed by atoms with Crippen LogP contribution in [-0.4, -0.2) is 31.2 Å². The van der Waals surface area contributed by atoms with Gasteiger partial charge in [-0.15, -0.1) is 0 Å². The third kappa shape index (κ3) is 4.27. The van der Waals surface area contributed by atoms with Crippen molar-refractivity contribution < 1.29 is 13.2 Å². The van der Waals surface area contributed by atoms with Crippen LogP contribution in [-0.2, 0) is 16.6 Å². The van der Waals surface area contributed by atoms with E-state index in [1.54, 1.807) is 12.1 Å². The molecule has 0 unspecified atom stereocenters. The predicted octanol–water partition coefficient (Wildman–Crippen LogP) is 2.79. The largest absolute Gasteiger partial charge is 0.349 e. The molecule has 0 spiro atoms. The molecule has 1 N–H and O–H groups in total. The van der Waals surface area contributed by atoms with Crippen molar-refractivity contribution in [1.29, 1.82) is 0 Å². The number of nitrogens with one attached hydrogen (secondary N) is 1. The van der Waals surface area contributed by atoms with Gasteiger partial charge in [-0.3, -0.25) is 4.79 Å². The summed E-state index contributed by atoms with van der Waals surface area (Å²) >= 11 is 0. The van der Waals surface area contributed by atoms with Gasteiger partial charge in [-0.2, -0.15) is 4.31 Å². The second kappa shape index (κ2) is 7.37. The molecule has 0 atom stereocenters. The molecule has 132 valence electrons. The molecule has 1 fully saturated rings. The van der Waals surface area contributed by atoms with E-state index >= 15 is 0 Å². The number of nitrogens with zero attached hydrogens (tertiary/aromatic N) is 1. The first-order chi connectivity index (χ1) is 12.0. The summed E-state index contributed by atoms with van der Waals surface area (Å²) in [7, 11) is -3.60. The highest BCUT2D eigenvalue weighted by atomic mass is 32.2. The lowest BCUT2D eigenvalue weighted by atomic mass is 10.2. The molecular formula is C19H22N2O3S. The lowest BCUT2D eigenvalue weighted by Gasteiger charge is -2.20. The Morgan fingerprint density at radius 1 is 1.08 bits per heavy atom. The zero-order valence-corrected chi connectivity index (χ0v) is 15.0. The zero-order valence-electron chi connectivity index (χ0n) is 14.2. The number of hydrogen-bond donors (Lipinski definition) is 1. The monoisotopic (exact) mass is 358 g/mol. The summed E-state index contributed by atoms with van der Waals surface area (Å²) in [5.74, 6) is -0.150. The summed E-state index contributed by atoms with van der Waals surface area (Å²) < 4.78 is 27.2. The minimum Gasteiger partial charge on any atom is -0.349 e. The molecule has 0 bridgehead atoms. The van der Waals surface area contributed by atoms with Gasteiger partial charge >= 0.3 is 0 Å². The fraction of sp³-hybridized carbons (Fsp3) is 0.316. The number of hydrogen-bond acceptors (Lipinski definition) is 3. The van der Waals surface area contributed by atoms with Crippen LogP contribution in [0.2, 0.25) is 0 Å². The van der Waals surface area contributed by atoms with Crippen LogP contribution >= 0.6 is 0 Å².